The third kappa shape index (κ3) is 11.0. The first-order valence-corrected chi connectivity index (χ1v) is 10.6. The molecule has 0 fully saturated rings. The number of carbonyl (C=O) groups is 5. The molecule has 1 rings (SSSR count). The smallest absolute Gasteiger partial charge is 0.356 e. The van der Waals surface area contributed by atoms with E-state index in [-0.39, 0.29) is 30.9 Å². The van der Waals surface area contributed by atoms with Gasteiger partial charge in [0.2, 0.25) is 11.8 Å². The van der Waals surface area contributed by atoms with E-state index in [4.69, 9.17) is 20.1 Å². The van der Waals surface area contributed by atoms with E-state index < -0.39 is 36.0 Å². The molecule has 0 spiro atoms. The number of benzene rings is 1. The van der Waals surface area contributed by atoms with Crippen LogP contribution in [0.2, 0.25) is 0 Å². The number of hydrogen-bond acceptors (Lipinski definition) is 6. The number of amides is 2. The zero-order chi connectivity index (χ0) is 24.8. The van der Waals surface area contributed by atoms with Crippen LogP contribution in [0.15, 0.2) is 24.3 Å². The van der Waals surface area contributed by atoms with Gasteiger partial charge in [-0.3, -0.25) is 14.4 Å². The first kappa shape index (κ1) is 27.4. The number of nitrogens with one attached hydrogen (secondary N) is 2. The predicted octanol–water partition coefficient (Wildman–Crippen LogP) is 1.19. The van der Waals surface area contributed by atoms with Crippen molar-refractivity contribution in [2.45, 2.75) is 64.0 Å². The number of hydrogen-bond donors (Lipinski definition) is 5. The maximum atomic E-state index is 12.5. The van der Waals surface area contributed by atoms with Gasteiger partial charge in [0.05, 0.1) is 6.42 Å². The number of aliphatic carboxylic acids is 3. The van der Waals surface area contributed by atoms with E-state index in [2.05, 4.69) is 10.6 Å². The molecular formula is C22H30N2O9. The highest BCUT2D eigenvalue weighted by atomic mass is 16.5. The molecule has 2 amide bonds. The van der Waals surface area contributed by atoms with Crippen LogP contribution in [0.3, 0.4) is 0 Å². The zero-order valence-corrected chi connectivity index (χ0v) is 18.4. The Morgan fingerprint density at radius 2 is 1.58 bits per heavy atom. The zero-order valence-electron chi connectivity index (χ0n) is 18.4. The van der Waals surface area contributed by atoms with E-state index in [1.165, 1.54) is 12.1 Å². The van der Waals surface area contributed by atoms with E-state index >= 15 is 0 Å². The van der Waals surface area contributed by atoms with Gasteiger partial charge in [-0.15, -0.1) is 0 Å². The number of carbonyl (C=O) groups excluding carboxylic acids is 2. The van der Waals surface area contributed by atoms with Crippen LogP contribution in [0.1, 0.15) is 51.0 Å². The molecule has 33 heavy (non-hydrogen) atoms. The minimum absolute atomic E-state index is 0.0562. The topological polar surface area (TPSA) is 179 Å². The third-order valence-corrected chi connectivity index (χ3v) is 4.64. The first-order valence-electron chi connectivity index (χ1n) is 10.6. The Kier molecular flexibility index (Phi) is 12.0. The second-order valence-corrected chi connectivity index (χ2v) is 7.37. The normalized spacial score (nSPS) is 11.5. The lowest BCUT2D eigenvalue weighted by atomic mass is 10.0. The number of unbranched alkanes of at least 4 members (excludes halogenated alkanes) is 2. The Morgan fingerprint density at radius 1 is 0.939 bits per heavy atom. The van der Waals surface area contributed by atoms with Gasteiger partial charge in [-0.05, 0) is 37.0 Å². The minimum atomic E-state index is -2.03. The monoisotopic (exact) mass is 466 g/mol. The van der Waals surface area contributed by atoms with Crippen molar-refractivity contribution in [3.63, 3.8) is 0 Å². The SMILES string of the molecule is CCCCCNC(=O)C(CCc1ccc(OC(C(=O)O)C(=O)O)cc1)NC(=O)CCC(=O)O. The Morgan fingerprint density at radius 3 is 2.12 bits per heavy atom. The minimum Gasteiger partial charge on any atom is -0.481 e. The molecule has 11 heteroatoms. The van der Waals surface area contributed by atoms with Gasteiger partial charge in [0.15, 0.2) is 0 Å². The van der Waals surface area contributed by atoms with E-state index in [0.29, 0.717) is 13.0 Å². The fourth-order valence-electron chi connectivity index (χ4n) is 2.85. The Bertz CT molecular complexity index is 810. The molecule has 0 aliphatic heterocycles. The second kappa shape index (κ2) is 14.4. The first-order chi connectivity index (χ1) is 15.6. The lowest BCUT2D eigenvalue weighted by molar-refractivity contribution is -0.159. The summed E-state index contributed by atoms with van der Waals surface area (Å²) >= 11 is 0. The van der Waals surface area contributed by atoms with Crippen molar-refractivity contribution in [1.82, 2.24) is 10.6 Å². The Labute approximate surface area is 191 Å². The Hall–Kier alpha value is -3.63. The molecule has 0 saturated carbocycles. The van der Waals surface area contributed by atoms with Crippen molar-refractivity contribution in [3.8, 4) is 5.75 Å². The van der Waals surface area contributed by atoms with Crippen molar-refractivity contribution in [2.75, 3.05) is 6.54 Å². The summed E-state index contributed by atoms with van der Waals surface area (Å²) in [6, 6.07) is 5.17. The lowest BCUT2D eigenvalue weighted by Gasteiger charge is -2.19. The van der Waals surface area contributed by atoms with Crippen LogP contribution in [0.5, 0.6) is 5.75 Å². The Balaban J connectivity index is 2.74. The van der Waals surface area contributed by atoms with Crippen molar-refractivity contribution >= 4 is 29.7 Å². The summed E-state index contributed by atoms with van der Waals surface area (Å²) in [5.41, 5.74) is 0.744. The molecule has 5 N–H and O–H groups in total. The quantitative estimate of drug-likeness (QED) is 0.177. The number of ether oxygens (including phenoxy) is 1. The van der Waals surface area contributed by atoms with Crippen LogP contribution < -0.4 is 15.4 Å². The summed E-state index contributed by atoms with van der Waals surface area (Å²) in [5.74, 6) is -5.21. The predicted molar refractivity (Wildman–Crippen MR) is 116 cm³/mol. The summed E-state index contributed by atoms with van der Waals surface area (Å²) in [7, 11) is 0. The largest absolute Gasteiger partial charge is 0.481 e. The highest BCUT2D eigenvalue weighted by Gasteiger charge is 2.28. The van der Waals surface area contributed by atoms with Crippen LogP contribution in [-0.2, 0) is 30.4 Å². The third-order valence-electron chi connectivity index (χ3n) is 4.64. The summed E-state index contributed by atoms with van der Waals surface area (Å²) < 4.78 is 4.95. The summed E-state index contributed by atoms with van der Waals surface area (Å²) in [5, 5.41) is 31.8. The van der Waals surface area contributed by atoms with E-state index in [0.717, 1.165) is 24.8 Å². The summed E-state index contributed by atoms with van der Waals surface area (Å²) in [6.07, 6.45) is 0.745. The van der Waals surface area contributed by atoms with Gasteiger partial charge in [0, 0.05) is 13.0 Å². The van der Waals surface area contributed by atoms with Gasteiger partial charge in [0.25, 0.3) is 6.10 Å². The molecular weight excluding hydrogens is 436 g/mol. The average Bonchev–Trinajstić information content (AvgIpc) is 2.76. The van der Waals surface area contributed by atoms with Crippen LogP contribution in [0.4, 0.5) is 0 Å². The standard InChI is InChI=1S/C22H30N2O9/c1-2-3-4-13-23-20(28)16(24-17(25)11-12-18(26)27)10-7-14-5-8-15(9-6-14)33-19(21(29)30)22(31)32/h5-6,8-9,16,19H,2-4,7,10-13H2,1H3,(H,23,28)(H,24,25)(H,26,27)(H,29,30)(H,31,32). The maximum Gasteiger partial charge on any atom is 0.356 e. The molecule has 1 aromatic rings. The highest BCUT2D eigenvalue weighted by molar-refractivity contribution is 5.96. The van der Waals surface area contributed by atoms with Crippen molar-refractivity contribution in [1.29, 1.82) is 0 Å². The molecule has 0 heterocycles. The molecule has 0 radical (unpaired) electrons. The number of rotatable bonds is 16. The molecule has 0 bridgehead atoms. The van der Waals surface area contributed by atoms with Gasteiger partial charge in [-0.2, -0.15) is 0 Å². The van der Waals surface area contributed by atoms with Crippen molar-refractivity contribution in [2.24, 2.45) is 0 Å². The molecule has 0 aliphatic carbocycles. The average molecular weight is 466 g/mol. The fraction of sp³-hybridized carbons (Fsp3) is 0.500. The molecule has 0 aromatic heterocycles. The fourth-order valence-corrected chi connectivity index (χ4v) is 2.85. The molecule has 0 saturated heterocycles. The van der Waals surface area contributed by atoms with Crippen LogP contribution in [-0.4, -0.2) is 63.7 Å². The van der Waals surface area contributed by atoms with Crippen molar-refractivity contribution < 1.29 is 44.0 Å². The summed E-state index contributed by atoms with van der Waals surface area (Å²) in [4.78, 5) is 57.1. The maximum absolute atomic E-state index is 12.5. The number of carboxylic acids is 3. The van der Waals surface area contributed by atoms with Gasteiger partial charge in [0.1, 0.15) is 11.8 Å². The van der Waals surface area contributed by atoms with Crippen LogP contribution >= 0.6 is 0 Å². The molecule has 1 unspecified atom stereocenters. The molecule has 1 aromatic carbocycles. The van der Waals surface area contributed by atoms with E-state index in [1.807, 2.05) is 6.92 Å². The number of aryl methyl sites for hydroxylation is 1. The molecule has 1 atom stereocenters. The van der Waals surface area contributed by atoms with Gasteiger partial charge >= 0.3 is 17.9 Å². The molecule has 11 nitrogen and oxygen atoms in total. The van der Waals surface area contributed by atoms with Gasteiger partial charge < -0.3 is 30.7 Å². The molecule has 182 valence electrons. The highest BCUT2D eigenvalue weighted by Crippen LogP contribution is 2.16. The van der Waals surface area contributed by atoms with E-state index in [1.54, 1.807) is 12.1 Å². The summed E-state index contributed by atoms with van der Waals surface area (Å²) in [6.45, 7) is 2.50. The van der Waals surface area contributed by atoms with E-state index in [9.17, 15) is 24.0 Å². The molecule has 0 aliphatic rings. The van der Waals surface area contributed by atoms with Crippen molar-refractivity contribution in [3.05, 3.63) is 29.8 Å². The van der Waals surface area contributed by atoms with Crippen LogP contribution in [0, 0.1) is 0 Å². The second-order valence-electron chi connectivity index (χ2n) is 7.37. The van der Waals surface area contributed by atoms with Crippen LogP contribution in [0.25, 0.3) is 0 Å². The van der Waals surface area contributed by atoms with Gasteiger partial charge in [-0.25, -0.2) is 9.59 Å². The number of carboxylic acid groups (broad SMARTS) is 3. The van der Waals surface area contributed by atoms with Gasteiger partial charge in [-0.1, -0.05) is 31.9 Å². The lowest BCUT2D eigenvalue weighted by Crippen LogP contribution is -2.47.